The second-order valence-electron chi connectivity index (χ2n) is 3.34. The van der Waals surface area contributed by atoms with Crippen molar-refractivity contribution in [3.8, 4) is 0 Å². The number of rotatable bonds is 4. The molecule has 18 heavy (non-hydrogen) atoms. The van der Waals surface area contributed by atoms with Gasteiger partial charge in [0, 0.05) is 0 Å². The van der Waals surface area contributed by atoms with E-state index in [0.717, 1.165) is 0 Å². The third-order valence-corrected chi connectivity index (χ3v) is 2.61. The van der Waals surface area contributed by atoms with Gasteiger partial charge in [0.15, 0.2) is 0 Å². The number of aliphatic hydroxyl groups is 4. The molecule has 0 aromatic rings. The number of phosphoric ester groups is 1. The second-order valence-corrected chi connectivity index (χ2v) is 4.49. The molecule has 0 bridgehead atoms. The van der Waals surface area contributed by atoms with Gasteiger partial charge in [-0.2, -0.15) is 0 Å². The van der Waals surface area contributed by atoms with Gasteiger partial charge in [-0.1, -0.05) is 0 Å². The quantitative estimate of drug-likeness (QED) is 0.292. The maximum absolute atomic E-state index is 10.1. The number of ether oxygens (including phenoxy) is 1. The molecule has 1 rings (SSSR count). The van der Waals surface area contributed by atoms with E-state index in [1.165, 1.54) is 0 Å². The molecule has 4 N–H and O–H groups in total. The molecule has 9 nitrogen and oxygen atoms in total. The topological polar surface area (TPSA) is 163 Å². The van der Waals surface area contributed by atoms with E-state index in [1.807, 2.05) is 0 Å². The van der Waals surface area contributed by atoms with Gasteiger partial charge in [-0.25, -0.2) is 0 Å². The summed E-state index contributed by atoms with van der Waals surface area (Å²) in [5.74, 6) is -2.40. The van der Waals surface area contributed by atoms with Crippen molar-refractivity contribution in [3.05, 3.63) is 0 Å². The number of hydrogen-bond donors (Lipinski definition) is 4. The predicted molar refractivity (Wildman–Crippen MR) is 42.5 cm³/mol. The molecule has 12 heteroatoms. The summed E-state index contributed by atoms with van der Waals surface area (Å²) in [5, 5.41) is 36.6. The first-order chi connectivity index (χ1) is 7.19. The Labute approximate surface area is 147 Å². The zero-order chi connectivity index (χ0) is 12.6. The van der Waals surface area contributed by atoms with Crippen LogP contribution in [0.25, 0.3) is 0 Å². The van der Waals surface area contributed by atoms with Crippen molar-refractivity contribution in [2.75, 3.05) is 13.2 Å². The Hall–Kier alpha value is 1.91. The fourth-order valence-electron chi connectivity index (χ4n) is 1.30. The van der Waals surface area contributed by atoms with Gasteiger partial charge in [-0.15, -0.1) is 0 Å². The Morgan fingerprint density at radius 3 is 2.17 bits per heavy atom. The molecule has 0 radical (unpaired) electrons. The monoisotopic (exact) mass is 304 g/mol. The van der Waals surface area contributed by atoms with Gasteiger partial charge in [-0.05, 0) is 0 Å². The van der Waals surface area contributed by atoms with Crippen LogP contribution in [0.1, 0.15) is 0 Å². The van der Waals surface area contributed by atoms with Crippen molar-refractivity contribution in [2.24, 2.45) is 0 Å². The van der Waals surface area contributed by atoms with Gasteiger partial charge < -0.3 is 44.0 Å². The van der Waals surface area contributed by atoms with Gasteiger partial charge in [0.1, 0.15) is 18.3 Å². The first-order valence-corrected chi connectivity index (χ1v) is 5.69. The molecular formula is C6H11Na2O9P. The van der Waals surface area contributed by atoms with Crippen LogP contribution in [0.2, 0.25) is 0 Å². The molecule has 0 aromatic heterocycles. The molecule has 0 aromatic carbocycles. The standard InChI is InChI=1S/C6H13O9P.2Na/c7-2-6(10)5(9)4(8)3(15-6)1-14-16(11,12)13;;/h3-5,7-10H,1-2H2,(H2,11,12,13);;/q;2*+1/p-2/t3-,4-,5+,6?;;/m0../s1. The summed E-state index contributed by atoms with van der Waals surface area (Å²) in [6, 6.07) is 0. The first-order valence-electron chi connectivity index (χ1n) is 4.23. The maximum Gasteiger partial charge on any atom is 1.00 e. The molecule has 1 heterocycles. The summed E-state index contributed by atoms with van der Waals surface area (Å²) in [4.78, 5) is 20.3. The minimum absolute atomic E-state index is 0. The van der Waals surface area contributed by atoms with E-state index in [1.54, 1.807) is 0 Å². The molecular weight excluding hydrogens is 293 g/mol. The Kier molecular flexibility index (Phi) is 10.3. The SMILES string of the molecule is O=P([O-])([O-])OC[C@@H]1OC(O)(CO)[C@H](O)[C@H]1O.[Na+].[Na+]. The molecule has 96 valence electrons. The summed E-state index contributed by atoms with van der Waals surface area (Å²) in [5.41, 5.74) is 0. The number of hydrogen-bond acceptors (Lipinski definition) is 9. The van der Waals surface area contributed by atoms with Gasteiger partial charge in [0.2, 0.25) is 5.79 Å². The smallest absolute Gasteiger partial charge is 0.790 e. The average molecular weight is 304 g/mol. The summed E-state index contributed by atoms with van der Waals surface area (Å²) < 4.78 is 18.6. The van der Waals surface area contributed by atoms with Crippen LogP contribution in [-0.4, -0.2) is 57.7 Å². The van der Waals surface area contributed by atoms with Crippen LogP contribution in [0.4, 0.5) is 0 Å². The van der Waals surface area contributed by atoms with E-state index in [-0.39, 0.29) is 59.1 Å². The molecule has 1 saturated heterocycles. The molecule has 0 spiro atoms. The Morgan fingerprint density at radius 1 is 1.33 bits per heavy atom. The van der Waals surface area contributed by atoms with E-state index >= 15 is 0 Å². The van der Waals surface area contributed by atoms with Crippen molar-refractivity contribution in [2.45, 2.75) is 24.1 Å². The van der Waals surface area contributed by atoms with Crippen LogP contribution < -0.4 is 68.9 Å². The third-order valence-electron chi connectivity index (χ3n) is 2.15. The van der Waals surface area contributed by atoms with E-state index in [2.05, 4.69) is 9.26 Å². The van der Waals surface area contributed by atoms with Crippen LogP contribution in [0.15, 0.2) is 0 Å². The van der Waals surface area contributed by atoms with E-state index in [4.69, 9.17) is 5.11 Å². The van der Waals surface area contributed by atoms with Crippen molar-refractivity contribution >= 4 is 7.82 Å². The minimum Gasteiger partial charge on any atom is -0.790 e. The molecule has 4 atom stereocenters. The van der Waals surface area contributed by atoms with E-state index in [0.29, 0.717) is 0 Å². The van der Waals surface area contributed by atoms with Crippen LogP contribution in [0.3, 0.4) is 0 Å². The summed E-state index contributed by atoms with van der Waals surface area (Å²) >= 11 is 0. The van der Waals surface area contributed by atoms with Crippen molar-refractivity contribution in [1.82, 2.24) is 0 Å². The Balaban J connectivity index is 0. The van der Waals surface area contributed by atoms with Crippen molar-refractivity contribution in [3.63, 3.8) is 0 Å². The van der Waals surface area contributed by atoms with Crippen molar-refractivity contribution < 1.29 is 103 Å². The largest absolute Gasteiger partial charge is 1.00 e. The van der Waals surface area contributed by atoms with Crippen LogP contribution in [-0.2, 0) is 13.8 Å². The average Bonchev–Trinajstić information content (AvgIpc) is 2.40. The molecule has 1 aliphatic rings. The van der Waals surface area contributed by atoms with Crippen LogP contribution in [0.5, 0.6) is 0 Å². The summed E-state index contributed by atoms with van der Waals surface area (Å²) in [6.07, 6.45) is -4.93. The second kappa shape index (κ2) is 8.38. The predicted octanol–water partition coefficient (Wildman–Crippen LogP) is -10.4. The van der Waals surface area contributed by atoms with Gasteiger partial charge >= 0.3 is 59.1 Å². The third kappa shape index (κ3) is 5.72. The fourth-order valence-corrected chi connectivity index (χ4v) is 1.63. The molecule has 1 aliphatic heterocycles. The molecule has 0 saturated carbocycles. The zero-order valence-electron chi connectivity index (χ0n) is 9.92. The van der Waals surface area contributed by atoms with Crippen LogP contribution in [0, 0.1) is 0 Å². The normalized spacial score (nSPS) is 35.8. The maximum atomic E-state index is 10.1. The molecule has 1 unspecified atom stereocenters. The number of phosphoric acid groups is 1. The molecule has 0 aliphatic carbocycles. The summed E-state index contributed by atoms with van der Waals surface area (Å²) in [7, 11) is -5.23. The van der Waals surface area contributed by atoms with Gasteiger partial charge in [0.05, 0.1) is 21.0 Å². The Bertz CT molecular complexity index is 299. The Morgan fingerprint density at radius 2 is 1.83 bits per heavy atom. The minimum atomic E-state index is -5.23. The first kappa shape index (κ1) is 22.2. The molecule has 1 fully saturated rings. The van der Waals surface area contributed by atoms with Gasteiger partial charge in [-0.3, -0.25) is 0 Å². The summed E-state index contributed by atoms with van der Waals surface area (Å²) in [6.45, 7) is -1.86. The number of aliphatic hydroxyl groups excluding tert-OH is 3. The van der Waals surface area contributed by atoms with Crippen molar-refractivity contribution in [1.29, 1.82) is 0 Å². The molecule has 0 amide bonds. The van der Waals surface area contributed by atoms with E-state index in [9.17, 15) is 29.7 Å². The zero-order valence-corrected chi connectivity index (χ0v) is 14.8. The van der Waals surface area contributed by atoms with Crippen LogP contribution >= 0.6 is 7.82 Å². The fraction of sp³-hybridized carbons (Fsp3) is 1.00. The van der Waals surface area contributed by atoms with Gasteiger partial charge in [0.25, 0.3) is 0 Å². The van der Waals surface area contributed by atoms with E-state index < -0.39 is 45.1 Å².